The van der Waals surface area contributed by atoms with E-state index in [1.54, 1.807) is 0 Å². The van der Waals surface area contributed by atoms with Crippen molar-refractivity contribution >= 4 is 0 Å². The lowest BCUT2D eigenvalue weighted by Gasteiger charge is -2.10. The zero-order chi connectivity index (χ0) is 10.6. The molecule has 78 valence electrons. The van der Waals surface area contributed by atoms with Gasteiger partial charge in [-0.25, -0.2) is 9.97 Å². The van der Waals surface area contributed by atoms with E-state index in [2.05, 4.69) is 20.2 Å². The number of nitrogens with zero attached hydrogens (tertiary/aromatic N) is 3. The van der Waals surface area contributed by atoms with E-state index < -0.39 is 0 Å². The van der Waals surface area contributed by atoms with Crippen molar-refractivity contribution in [2.24, 2.45) is 0 Å². The predicted octanol–water partition coefficient (Wildman–Crippen LogP) is 0.566. The van der Waals surface area contributed by atoms with E-state index in [0.29, 0.717) is 0 Å². The Kier molecular flexibility index (Phi) is 3.98. The minimum absolute atomic E-state index is 0.790. The van der Waals surface area contributed by atoms with Gasteiger partial charge >= 0.3 is 0 Å². The second-order valence-electron chi connectivity index (χ2n) is 3.69. The Bertz CT molecular complexity index is 296. The molecule has 0 amide bonds. The van der Waals surface area contributed by atoms with Crippen LogP contribution in [0.5, 0.6) is 0 Å². The highest BCUT2D eigenvalue weighted by Crippen LogP contribution is 2.02. The zero-order valence-electron chi connectivity index (χ0n) is 9.33. The number of rotatable bonds is 4. The van der Waals surface area contributed by atoms with Crippen LogP contribution in [0.4, 0.5) is 0 Å². The number of aryl methyl sites for hydroxylation is 1. The van der Waals surface area contributed by atoms with Crippen LogP contribution in [0.2, 0.25) is 0 Å². The molecule has 1 aromatic heterocycles. The Balaban J connectivity index is 2.83. The zero-order valence-corrected chi connectivity index (χ0v) is 9.33. The Morgan fingerprint density at radius 3 is 2.64 bits per heavy atom. The average Bonchev–Trinajstić information content (AvgIpc) is 2.01. The summed E-state index contributed by atoms with van der Waals surface area (Å²) in [7, 11) is 5.95. The van der Waals surface area contributed by atoms with Gasteiger partial charge in [0.15, 0.2) is 0 Å². The summed E-state index contributed by atoms with van der Waals surface area (Å²) in [6.07, 6.45) is 0. The van der Waals surface area contributed by atoms with Gasteiger partial charge in [-0.15, -0.1) is 0 Å². The minimum Gasteiger partial charge on any atom is -0.314 e. The molecule has 0 bridgehead atoms. The Morgan fingerprint density at radius 1 is 1.36 bits per heavy atom. The highest BCUT2D eigenvalue weighted by molar-refractivity contribution is 5.09. The maximum Gasteiger partial charge on any atom is 0.142 e. The molecule has 0 aliphatic rings. The summed E-state index contributed by atoms with van der Waals surface area (Å²) < 4.78 is 0. The van der Waals surface area contributed by atoms with Crippen LogP contribution in [0.15, 0.2) is 6.07 Å². The molecular formula is C10H18N4. The first-order valence-electron chi connectivity index (χ1n) is 4.74. The standard InChI is InChI=1S/C10H18N4/c1-8-5-9(6-11-2)13-10(12-8)7-14(3)4/h5,11H,6-7H2,1-4H3. The molecule has 0 saturated heterocycles. The summed E-state index contributed by atoms with van der Waals surface area (Å²) in [6, 6.07) is 2.01. The van der Waals surface area contributed by atoms with Gasteiger partial charge in [0.05, 0.1) is 12.2 Å². The van der Waals surface area contributed by atoms with Crippen molar-refractivity contribution < 1.29 is 0 Å². The molecule has 0 unspecified atom stereocenters. The molecule has 0 aliphatic heterocycles. The van der Waals surface area contributed by atoms with Crippen LogP contribution in [-0.4, -0.2) is 36.0 Å². The summed E-state index contributed by atoms with van der Waals surface area (Å²) in [4.78, 5) is 10.9. The summed E-state index contributed by atoms with van der Waals surface area (Å²) in [5, 5.41) is 3.09. The van der Waals surface area contributed by atoms with E-state index in [4.69, 9.17) is 0 Å². The molecule has 4 nitrogen and oxygen atoms in total. The third-order valence-electron chi connectivity index (χ3n) is 1.77. The molecule has 0 fully saturated rings. The summed E-state index contributed by atoms with van der Waals surface area (Å²) >= 11 is 0. The molecule has 1 N–H and O–H groups in total. The highest BCUT2D eigenvalue weighted by Gasteiger charge is 2.02. The van der Waals surface area contributed by atoms with Gasteiger partial charge < -0.3 is 10.2 Å². The maximum atomic E-state index is 4.45. The van der Waals surface area contributed by atoms with E-state index in [9.17, 15) is 0 Å². The molecule has 1 heterocycles. The summed E-state index contributed by atoms with van der Waals surface area (Å²) in [5.74, 6) is 0.889. The third-order valence-corrected chi connectivity index (χ3v) is 1.77. The van der Waals surface area contributed by atoms with Gasteiger partial charge in [0.1, 0.15) is 5.82 Å². The normalized spacial score (nSPS) is 10.9. The summed E-state index contributed by atoms with van der Waals surface area (Å²) in [6.45, 7) is 3.59. The second kappa shape index (κ2) is 5.02. The minimum atomic E-state index is 0.790. The van der Waals surface area contributed by atoms with Crippen molar-refractivity contribution in [1.29, 1.82) is 0 Å². The summed E-state index contributed by atoms with van der Waals surface area (Å²) in [5.41, 5.74) is 2.08. The Labute approximate surface area is 85.4 Å². The lowest BCUT2D eigenvalue weighted by Crippen LogP contribution is -2.16. The third kappa shape index (κ3) is 3.40. The van der Waals surface area contributed by atoms with Crippen molar-refractivity contribution in [3.05, 3.63) is 23.3 Å². The molecule has 0 spiro atoms. The number of hydrogen-bond acceptors (Lipinski definition) is 4. The van der Waals surface area contributed by atoms with E-state index in [-0.39, 0.29) is 0 Å². The monoisotopic (exact) mass is 194 g/mol. The topological polar surface area (TPSA) is 41.1 Å². The smallest absolute Gasteiger partial charge is 0.142 e. The first kappa shape index (κ1) is 11.1. The Hall–Kier alpha value is -1.00. The molecule has 1 aromatic rings. The molecular weight excluding hydrogens is 176 g/mol. The van der Waals surface area contributed by atoms with Gasteiger partial charge in [-0.1, -0.05) is 0 Å². The van der Waals surface area contributed by atoms with Gasteiger partial charge in [0.2, 0.25) is 0 Å². The molecule has 1 rings (SSSR count). The quantitative estimate of drug-likeness (QED) is 0.760. The molecule has 0 atom stereocenters. The Morgan fingerprint density at radius 2 is 2.07 bits per heavy atom. The first-order valence-corrected chi connectivity index (χ1v) is 4.74. The van der Waals surface area contributed by atoms with Crippen molar-refractivity contribution in [3.8, 4) is 0 Å². The molecule has 0 aliphatic carbocycles. The van der Waals surface area contributed by atoms with E-state index >= 15 is 0 Å². The molecule has 4 heteroatoms. The lowest BCUT2D eigenvalue weighted by atomic mass is 10.3. The van der Waals surface area contributed by atoms with Gasteiger partial charge in [-0.05, 0) is 34.1 Å². The van der Waals surface area contributed by atoms with Crippen molar-refractivity contribution in [2.75, 3.05) is 21.1 Å². The fourth-order valence-corrected chi connectivity index (χ4v) is 1.33. The molecule has 0 aromatic carbocycles. The van der Waals surface area contributed by atoms with Crippen LogP contribution in [0.3, 0.4) is 0 Å². The number of aromatic nitrogens is 2. The van der Waals surface area contributed by atoms with Gasteiger partial charge in [-0.2, -0.15) is 0 Å². The molecule has 0 saturated carbocycles. The fraction of sp³-hybridized carbons (Fsp3) is 0.600. The van der Waals surface area contributed by atoms with Gasteiger partial charge in [0, 0.05) is 12.2 Å². The van der Waals surface area contributed by atoms with E-state index in [0.717, 1.165) is 30.3 Å². The first-order chi connectivity index (χ1) is 6.61. The van der Waals surface area contributed by atoms with Crippen molar-refractivity contribution in [3.63, 3.8) is 0 Å². The van der Waals surface area contributed by atoms with Crippen molar-refractivity contribution in [2.45, 2.75) is 20.0 Å². The van der Waals surface area contributed by atoms with Crippen LogP contribution in [0.25, 0.3) is 0 Å². The van der Waals surface area contributed by atoms with Crippen LogP contribution >= 0.6 is 0 Å². The van der Waals surface area contributed by atoms with Gasteiger partial charge in [0.25, 0.3) is 0 Å². The fourth-order valence-electron chi connectivity index (χ4n) is 1.33. The van der Waals surface area contributed by atoms with Crippen LogP contribution in [0, 0.1) is 6.92 Å². The van der Waals surface area contributed by atoms with Gasteiger partial charge in [-0.3, -0.25) is 0 Å². The van der Waals surface area contributed by atoms with Crippen molar-refractivity contribution in [1.82, 2.24) is 20.2 Å². The average molecular weight is 194 g/mol. The number of hydrogen-bond donors (Lipinski definition) is 1. The molecule has 14 heavy (non-hydrogen) atoms. The second-order valence-corrected chi connectivity index (χ2v) is 3.69. The van der Waals surface area contributed by atoms with Crippen LogP contribution < -0.4 is 5.32 Å². The van der Waals surface area contributed by atoms with Crippen LogP contribution in [0.1, 0.15) is 17.2 Å². The van der Waals surface area contributed by atoms with Crippen LogP contribution in [-0.2, 0) is 13.1 Å². The maximum absolute atomic E-state index is 4.45. The number of nitrogens with one attached hydrogen (secondary N) is 1. The SMILES string of the molecule is CNCc1cc(C)nc(CN(C)C)n1. The molecule has 0 radical (unpaired) electrons. The largest absolute Gasteiger partial charge is 0.314 e. The van der Waals surface area contributed by atoms with E-state index in [1.165, 1.54) is 0 Å². The lowest BCUT2D eigenvalue weighted by molar-refractivity contribution is 0.389. The predicted molar refractivity (Wildman–Crippen MR) is 56.9 cm³/mol. The van der Waals surface area contributed by atoms with E-state index in [1.807, 2.05) is 34.1 Å². The highest BCUT2D eigenvalue weighted by atomic mass is 15.1.